The van der Waals surface area contributed by atoms with Crippen molar-refractivity contribution in [2.75, 3.05) is 29.9 Å². The molecule has 1 fully saturated rings. The number of anilines is 2. The van der Waals surface area contributed by atoms with E-state index in [-0.39, 0.29) is 12.5 Å². The number of hydrogen-bond acceptors (Lipinski definition) is 4. The monoisotopic (exact) mass is 383 g/mol. The molecule has 1 N–H and O–H groups in total. The van der Waals surface area contributed by atoms with Crippen LogP contribution in [0.15, 0.2) is 42.5 Å². The average Bonchev–Trinajstić information content (AvgIpc) is 2.68. The van der Waals surface area contributed by atoms with Crippen LogP contribution < -0.4 is 15.0 Å². The van der Waals surface area contributed by atoms with Crippen molar-refractivity contribution in [3.63, 3.8) is 0 Å². The molecule has 6 heteroatoms. The first-order chi connectivity index (χ1) is 13.0. The van der Waals surface area contributed by atoms with Crippen LogP contribution in [0.4, 0.5) is 11.4 Å². The molecule has 140 valence electrons. The summed E-state index contributed by atoms with van der Waals surface area (Å²) in [5.41, 5.74) is 2.35. The number of rotatable bonds is 5. The van der Waals surface area contributed by atoms with Crippen molar-refractivity contribution >= 4 is 28.9 Å². The molecule has 0 aliphatic carbocycles. The zero-order valence-electron chi connectivity index (χ0n) is 15.2. The number of nitrogens with zero attached hydrogens (tertiary/aromatic N) is 2. The molecule has 0 bridgehead atoms. The van der Waals surface area contributed by atoms with Gasteiger partial charge in [-0.05, 0) is 61.2 Å². The third-order valence-corrected chi connectivity index (χ3v) is 5.01. The van der Waals surface area contributed by atoms with Gasteiger partial charge in [0.2, 0.25) is 0 Å². The number of amides is 1. The highest BCUT2D eigenvalue weighted by Crippen LogP contribution is 2.26. The van der Waals surface area contributed by atoms with Crippen LogP contribution >= 0.6 is 11.6 Å². The van der Waals surface area contributed by atoms with Gasteiger partial charge in [0.05, 0.1) is 16.7 Å². The van der Waals surface area contributed by atoms with E-state index in [0.29, 0.717) is 16.3 Å². The van der Waals surface area contributed by atoms with E-state index in [9.17, 15) is 4.79 Å². The van der Waals surface area contributed by atoms with Crippen molar-refractivity contribution in [1.82, 2.24) is 0 Å². The Morgan fingerprint density at radius 3 is 2.59 bits per heavy atom. The Bertz CT molecular complexity index is 837. The minimum atomic E-state index is -0.269. The van der Waals surface area contributed by atoms with Crippen molar-refractivity contribution in [2.24, 2.45) is 5.92 Å². The number of hydrogen-bond donors (Lipinski definition) is 1. The summed E-state index contributed by atoms with van der Waals surface area (Å²) in [6, 6.07) is 14.6. The van der Waals surface area contributed by atoms with Gasteiger partial charge < -0.3 is 15.0 Å². The van der Waals surface area contributed by atoms with Crippen LogP contribution in [0, 0.1) is 17.2 Å². The lowest BCUT2D eigenvalue weighted by molar-refractivity contribution is -0.118. The van der Waals surface area contributed by atoms with Crippen LogP contribution in [0.3, 0.4) is 0 Å². The van der Waals surface area contributed by atoms with E-state index >= 15 is 0 Å². The number of piperidine rings is 1. The Morgan fingerprint density at radius 2 is 1.96 bits per heavy atom. The zero-order chi connectivity index (χ0) is 19.2. The van der Waals surface area contributed by atoms with Crippen LogP contribution in [0.2, 0.25) is 5.02 Å². The van der Waals surface area contributed by atoms with Gasteiger partial charge in [0, 0.05) is 24.5 Å². The summed E-state index contributed by atoms with van der Waals surface area (Å²) in [7, 11) is 0. The van der Waals surface area contributed by atoms with Gasteiger partial charge >= 0.3 is 0 Å². The summed E-state index contributed by atoms with van der Waals surface area (Å²) in [5, 5.41) is 12.0. The predicted octanol–water partition coefficient (Wildman–Crippen LogP) is 4.47. The van der Waals surface area contributed by atoms with E-state index in [2.05, 4.69) is 17.1 Å². The van der Waals surface area contributed by atoms with Gasteiger partial charge in [-0.15, -0.1) is 0 Å². The van der Waals surface area contributed by atoms with E-state index in [1.807, 2.05) is 30.3 Å². The molecule has 0 aromatic heterocycles. The van der Waals surface area contributed by atoms with Gasteiger partial charge in [-0.1, -0.05) is 18.5 Å². The number of nitriles is 1. The minimum Gasteiger partial charge on any atom is -0.482 e. The summed E-state index contributed by atoms with van der Waals surface area (Å²) in [6.07, 6.45) is 2.43. The summed E-state index contributed by atoms with van der Waals surface area (Å²) in [6.45, 7) is 4.29. The molecule has 0 unspecified atom stereocenters. The number of benzene rings is 2. The average molecular weight is 384 g/mol. The summed E-state index contributed by atoms with van der Waals surface area (Å²) < 4.78 is 5.44. The summed E-state index contributed by atoms with van der Waals surface area (Å²) >= 11 is 6.04. The van der Waals surface area contributed by atoms with E-state index in [1.54, 1.807) is 12.1 Å². The van der Waals surface area contributed by atoms with Crippen LogP contribution in [0.5, 0.6) is 5.75 Å². The molecule has 3 rings (SSSR count). The maximum absolute atomic E-state index is 12.1. The minimum absolute atomic E-state index is 0.155. The third kappa shape index (κ3) is 5.15. The Morgan fingerprint density at radius 1 is 1.26 bits per heavy atom. The maximum Gasteiger partial charge on any atom is 0.262 e. The summed E-state index contributed by atoms with van der Waals surface area (Å²) in [5.74, 6) is 0.903. The van der Waals surface area contributed by atoms with Crippen molar-refractivity contribution < 1.29 is 9.53 Å². The topological polar surface area (TPSA) is 65.4 Å². The Kier molecular flexibility index (Phi) is 6.20. The van der Waals surface area contributed by atoms with E-state index in [1.165, 1.54) is 24.6 Å². The van der Waals surface area contributed by atoms with Crippen molar-refractivity contribution in [3.8, 4) is 11.8 Å². The fourth-order valence-corrected chi connectivity index (χ4v) is 3.29. The molecule has 0 radical (unpaired) electrons. The second-order valence-corrected chi connectivity index (χ2v) is 7.22. The Labute approximate surface area is 164 Å². The number of ether oxygens (including phenoxy) is 1. The predicted molar refractivity (Wildman–Crippen MR) is 107 cm³/mol. The van der Waals surface area contributed by atoms with Gasteiger partial charge in [-0.2, -0.15) is 5.26 Å². The number of carbonyl (C=O) groups excluding carboxylic acids is 1. The molecule has 2 aromatic rings. The third-order valence-electron chi connectivity index (χ3n) is 4.72. The molecule has 1 aliphatic rings. The van der Waals surface area contributed by atoms with Gasteiger partial charge in [0.15, 0.2) is 6.61 Å². The molecular weight excluding hydrogens is 362 g/mol. The molecule has 1 saturated heterocycles. The molecule has 1 amide bonds. The van der Waals surface area contributed by atoms with E-state index in [0.717, 1.165) is 24.7 Å². The van der Waals surface area contributed by atoms with Crippen molar-refractivity contribution in [3.05, 3.63) is 53.1 Å². The Hall–Kier alpha value is -2.71. The van der Waals surface area contributed by atoms with Crippen LogP contribution in [0.1, 0.15) is 25.3 Å². The van der Waals surface area contributed by atoms with Crippen molar-refractivity contribution in [2.45, 2.75) is 19.8 Å². The first kappa shape index (κ1) is 19.1. The fourth-order valence-electron chi connectivity index (χ4n) is 3.05. The maximum atomic E-state index is 12.1. The lowest BCUT2D eigenvalue weighted by Crippen LogP contribution is -2.32. The molecule has 1 heterocycles. The molecular formula is C21H22ClN3O2. The van der Waals surface area contributed by atoms with Crippen molar-refractivity contribution in [1.29, 1.82) is 5.26 Å². The molecule has 0 spiro atoms. The Balaban J connectivity index is 1.51. The highest BCUT2D eigenvalue weighted by Gasteiger charge is 2.16. The van der Waals surface area contributed by atoms with Crippen LogP contribution in [-0.4, -0.2) is 25.6 Å². The largest absolute Gasteiger partial charge is 0.482 e. The normalized spacial score (nSPS) is 14.5. The van der Waals surface area contributed by atoms with E-state index < -0.39 is 0 Å². The smallest absolute Gasteiger partial charge is 0.262 e. The van der Waals surface area contributed by atoms with Crippen LogP contribution in [-0.2, 0) is 4.79 Å². The molecule has 27 heavy (non-hydrogen) atoms. The first-order valence-corrected chi connectivity index (χ1v) is 9.40. The van der Waals surface area contributed by atoms with E-state index in [4.69, 9.17) is 21.6 Å². The highest BCUT2D eigenvalue weighted by molar-refractivity contribution is 6.32. The van der Waals surface area contributed by atoms with Crippen LogP contribution in [0.25, 0.3) is 0 Å². The second kappa shape index (κ2) is 8.79. The molecule has 0 atom stereocenters. The number of carbonyl (C=O) groups is 1. The molecule has 2 aromatic carbocycles. The molecule has 5 nitrogen and oxygen atoms in total. The second-order valence-electron chi connectivity index (χ2n) is 6.81. The standard InChI is InChI=1S/C21H22ClN3O2/c1-15-8-10-25(11-9-15)18-5-3-17(4-6-18)24-21(26)14-27-20-7-2-16(13-23)12-19(20)22/h2-7,12,15H,8-11,14H2,1H3,(H,24,26). The quantitative estimate of drug-likeness (QED) is 0.827. The molecule has 0 saturated carbocycles. The lowest BCUT2D eigenvalue weighted by Gasteiger charge is -2.32. The number of halogens is 1. The molecule has 1 aliphatic heterocycles. The van der Waals surface area contributed by atoms with Gasteiger partial charge in [-0.3, -0.25) is 4.79 Å². The van der Waals surface area contributed by atoms with Gasteiger partial charge in [-0.25, -0.2) is 0 Å². The first-order valence-electron chi connectivity index (χ1n) is 9.02. The zero-order valence-corrected chi connectivity index (χ0v) is 16.0. The fraction of sp³-hybridized carbons (Fsp3) is 0.333. The lowest BCUT2D eigenvalue weighted by atomic mass is 9.99. The van der Waals surface area contributed by atoms with Gasteiger partial charge in [0.25, 0.3) is 5.91 Å². The number of nitrogens with one attached hydrogen (secondary N) is 1. The highest BCUT2D eigenvalue weighted by atomic mass is 35.5. The summed E-state index contributed by atoms with van der Waals surface area (Å²) in [4.78, 5) is 14.5. The SMILES string of the molecule is CC1CCN(c2ccc(NC(=O)COc3ccc(C#N)cc3Cl)cc2)CC1. The van der Waals surface area contributed by atoms with Gasteiger partial charge in [0.1, 0.15) is 5.75 Å².